The minimum atomic E-state index is -0.308. The molecule has 4 nitrogen and oxygen atoms in total. The summed E-state index contributed by atoms with van der Waals surface area (Å²) in [5.74, 6) is -0.308. The summed E-state index contributed by atoms with van der Waals surface area (Å²) in [4.78, 5) is 11.1. The molecule has 1 aromatic heterocycles. The van der Waals surface area contributed by atoms with Gasteiger partial charge in [0, 0.05) is 6.20 Å². The Morgan fingerprint density at radius 3 is 3.17 bits per heavy atom. The maximum atomic E-state index is 11.1. The average molecular weight is 168 g/mol. The topological polar surface area (TPSA) is 55.0 Å². The van der Waals surface area contributed by atoms with Gasteiger partial charge in [-0.3, -0.25) is 5.10 Å². The first-order valence-electron chi connectivity index (χ1n) is 4.00. The minimum Gasteiger partial charge on any atom is -0.462 e. The number of hydrogen-bond acceptors (Lipinski definition) is 3. The van der Waals surface area contributed by atoms with Gasteiger partial charge in [0.25, 0.3) is 0 Å². The Labute approximate surface area is 70.9 Å². The summed E-state index contributed by atoms with van der Waals surface area (Å²) < 4.78 is 4.93. The number of aromatic nitrogens is 2. The summed E-state index contributed by atoms with van der Waals surface area (Å²) in [5, 5.41) is 6.20. The number of unbranched alkanes of at least 4 members (excludes halogenated alkanes) is 1. The van der Waals surface area contributed by atoms with E-state index in [1.807, 2.05) is 6.92 Å². The van der Waals surface area contributed by atoms with E-state index in [1.54, 1.807) is 0 Å². The number of nitrogens with one attached hydrogen (secondary N) is 1. The lowest BCUT2D eigenvalue weighted by Crippen LogP contribution is -2.04. The molecule has 1 aromatic rings. The molecule has 4 heteroatoms. The van der Waals surface area contributed by atoms with Crippen molar-refractivity contribution in [1.82, 2.24) is 10.2 Å². The second-order valence-electron chi connectivity index (χ2n) is 2.48. The van der Waals surface area contributed by atoms with Crippen LogP contribution < -0.4 is 0 Å². The molecule has 1 N–H and O–H groups in total. The van der Waals surface area contributed by atoms with Gasteiger partial charge in [-0.1, -0.05) is 13.3 Å². The molecule has 0 aromatic carbocycles. The second-order valence-corrected chi connectivity index (χ2v) is 2.48. The number of rotatable bonds is 4. The van der Waals surface area contributed by atoms with Gasteiger partial charge in [-0.25, -0.2) is 4.79 Å². The number of aromatic amines is 1. The van der Waals surface area contributed by atoms with Crippen LogP contribution in [0.25, 0.3) is 0 Å². The highest BCUT2D eigenvalue weighted by molar-refractivity contribution is 5.88. The van der Waals surface area contributed by atoms with Gasteiger partial charge in [-0.05, 0) is 6.42 Å². The van der Waals surface area contributed by atoms with Crippen LogP contribution in [-0.4, -0.2) is 22.8 Å². The van der Waals surface area contributed by atoms with E-state index in [9.17, 15) is 4.79 Å². The molecule has 0 aliphatic carbocycles. The summed E-state index contributed by atoms with van der Waals surface area (Å²) in [6.07, 6.45) is 4.91. The number of carbonyl (C=O) groups is 1. The van der Waals surface area contributed by atoms with Gasteiger partial charge in [0.1, 0.15) is 0 Å². The van der Waals surface area contributed by atoms with E-state index in [1.165, 1.54) is 12.4 Å². The van der Waals surface area contributed by atoms with Crippen molar-refractivity contribution in [2.45, 2.75) is 19.8 Å². The third kappa shape index (κ3) is 2.38. The largest absolute Gasteiger partial charge is 0.462 e. The van der Waals surface area contributed by atoms with Crippen LogP contribution in [0.15, 0.2) is 12.4 Å². The fourth-order valence-electron chi connectivity index (χ4n) is 0.755. The fraction of sp³-hybridized carbons (Fsp3) is 0.500. The smallest absolute Gasteiger partial charge is 0.341 e. The molecular formula is C8H12N2O2. The number of hydrogen-bond donors (Lipinski definition) is 1. The molecule has 0 radical (unpaired) electrons. The second kappa shape index (κ2) is 4.54. The van der Waals surface area contributed by atoms with Crippen molar-refractivity contribution in [2.24, 2.45) is 0 Å². The molecule has 0 fully saturated rings. The van der Waals surface area contributed by atoms with Crippen LogP contribution in [-0.2, 0) is 4.74 Å². The maximum absolute atomic E-state index is 11.1. The van der Waals surface area contributed by atoms with E-state index in [4.69, 9.17) is 4.74 Å². The van der Waals surface area contributed by atoms with Gasteiger partial charge in [-0.2, -0.15) is 5.10 Å². The van der Waals surface area contributed by atoms with Crippen LogP contribution in [0.3, 0.4) is 0 Å². The molecule has 0 spiro atoms. The third-order valence-corrected chi connectivity index (χ3v) is 1.46. The van der Waals surface area contributed by atoms with E-state index in [0.29, 0.717) is 12.2 Å². The van der Waals surface area contributed by atoms with Crippen molar-refractivity contribution in [3.05, 3.63) is 18.0 Å². The van der Waals surface area contributed by atoms with Crippen LogP contribution in [0.4, 0.5) is 0 Å². The molecule has 12 heavy (non-hydrogen) atoms. The molecule has 1 heterocycles. The summed E-state index contributed by atoms with van der Waals surface area (Å²) >= 11 is 0. The zero-order chi connectivity index (χ0) is 8.81. The van der Waals surface area contributed by atoms with Crippen LogP contribution in [0.2, 0.25) is 0 Å². The summed E-state index contributed by atoms with van der Waals surface area (Å²) in [6, 6.07) is 0. The van der Waals surface area contributed by atoms with Crippen molar-refractivity contribution in [3.63, 3.8) is 0 Å². The maximum Gasteiger partial charge on any atom is 0.341 e. The van der Waals surface area contributed by atoms with Gasteiger partial charge >= 0.3 is 5.97 Å². The average Bonchev–Trinajstić information content (AvgIpc) is 2.56. The lowest BCUT2D eigenvalue weighted by molar-refractivity contribution is 0.0500. The van der Waals surface area contributed by atoms with Gasteiger partial charge in [0.2, 0.25) is 0 Å². The van der Waals surface area contributed by atoms with Crippen molar-refractivity contribution < 1.29 is 9.53 Å². The van der Waals surface area contributed by atoms with Crippen LogP contribution in [0.1, 0.15) is 30.1 Å². The molecule has 0 aliphatic rings. The van der Waals surface area contributed by atoms with Gasteiger partial charge in [0.05, 0.1) is 18.4 Å². The highest BCUT2D eigenvalue weighted by atomic mass is 16.5. The van der Waals surface area contributed by atoms with Gasteiger partial charge in [-0.15, -0.1) is 0 Å². The Hall–Kier alpha value is -1.32. The summed E-state index contributed by atoms with van der Waals surface area (Å²) in [5.41, 5.74) is 0.478. The molecule has 0 amide bonds. The van der Waals surface area contributed by atoms with Crippen molar-refractivity contribution >= 4 is 5.97 Å². The third-order valence-electron chi connectivity index (χ3n) is 1.46. The predicted molar refractivity (Wildman–Crippen MR) is 43.8 cm³/mol. The number of H-pyrrole nitrogens is 1. The van der Waals surface area contributed by atoms with E-state index in [-0.39, 0.29) is 5.97 Å². The molecule has 0 aliphatic heterocycles. The Balaban J connectivity index is 2.30. The fourth-order valence-corrected chi connectivity index (χ4v) is 0.755. The van der Waals surface area contributed by atoms with Crippen LogP contribution >= 0.6 is 0 Å². The Bertz CT molecular complexity index is 231. The van der Waals surface area contributed by atoms with E-state index in [2.05, 4.69) is 10.2 Å². The minimum absolute atomic E-state index is 0.308. The monoisotopic (exact) mass is 168 g/mol. The number of carbonyl (C=O) groups excluding carboxylic acids is 1. The Morgan fingerprint density at radius 2 is 2.58 bits per heavy atom. The first kappa shape index (κ1) is 8.77. The molecule has 0 bridgehead atoms. The molecule has 0 unspecified atom stereocenters. The highest BCUT2D eigenvalue weighted by Gasteiger charge is 2.06. The Kier molecular flexibility index (Phi) is 3.32. The van der Waals surface area contributed by atoms with Crippen molar-refractivity contribution in [1.29, 1.82) is 0 Å². The van der Waals surface area contributed by atoms with E-state index in [0.717, 1.165) is 12.8 Å². The number of nitrogens with zero attached hydrogens (tertiary/aromatic N) is 1. The standard InChI is InChI=1S/C8H12N2O2/c1-2-3-4-12-8(11)7-5-9-10-6-7/h5-6H,2-4H2,1H3,(H,9,10). The number of esters is 1. The molecular weight excluding hydrogens is 156 g/mol. The first-order chi connectivity index (χ1) is 5.84. The molecule has 0 atom stereocenters. The van der Waals surface area contributed by atoms with Gasteiger partial charge < -0.3 is 4.74 Å². The zero-order valence-electron chi connectivity index (χ0n) is 7.04. The quantitative estimate of drug-likeness (QED) is 0.545. The zero-order valence-corrected chi connectivity index (χ0v) is 7.04. The first-order valence-corrected chi connectivity index (χ1v) is 4.00. The Morgan fingerprint density at radius 1 is 1.75 bits per heavy atom. The molecule has 0 saturated heterocycles. The van der Waals surface area contributed by atoms with Crippen molar-refractivity contribution in [3.8, 4) is 0 Å². The molecule has 66 valence electrons. The summed E-state index contributed by atoms with van der Waals surface area (Å²) in [7, 11) is 0. The molecule has 0 saturated carbocycles. The van der Waals surface area contributed by atoms with E-state index >= 15 is 0 Å². The summed E-state index contributed by atoms with van der Waals surface area (Å²) in [6.45, 7) is 2.53. The normalized spacial score (nSPS) is 9.75. The molecule has 1 rings (SSSR count). The van der Waals surface area contributed by atoms with Crippen LogP contribution in [0.5, 0.6) is 0 Å². The van der Waals surface area contributed by atoms with Gasteiger partial charge in [0.15, 0.2) is 0 Å². The lowest BCUT2D eigenvalue weighted by atomic mass is 10.3. The lowest BCUT2D eigenvalue weighted by Gasteiger charge is -1.99. The van der Waals surface area contributed by atoms with E-state index < -0.39 is 0 Å². The SMILES string of the molecule is CCCCOC(=O)c1cn[nH]c1. The predicted octanol–water partition coefficient (Wildman–Crippen LogP) is 1.37. The highest BCUT2D eigenvalue weighted by Crippen LogP contribution is 1.98. The number of ether oxygens (including phenoxy) is 1. The van der Waals surface area contributed by atoms with Crippen LogP contribution in [0, 0.1) is 0 Å². The van der Waals surface area contributed by atoms with Crippen molar-refractivity contribution in [2.75, 3.05) is 6.61 Å².